The first kappa shape index (κ1) is 11.2. The van der Waals surface area contributed by atoms with Crippen molar-refractivity contribution in [2.45, 2.75) is 28.7 Å². The maximum atomic E-state index is 4.61. The molecule has 1 aromatic carbocycles. The van der Waals surface area contributed by atoms with Crippen LogP contribution in [-0.2, 0) is 0 Å². The molecule has 0 saturated heterocycles. The molecule has 1 heterocycles. The fourth-order valence-corrected chi connectivity index (χ4v) is 2.99. The van der Waals surface area contributed by atoms with Crippen LogP contribution in [0.1, 0.15) is 24.6 Å². The van der Waals surface area contributed by atoms with Gasteiger partial charge in [-0.1, -0.05) is 30.0 Å². The van der Waals surface area contributed by atoms with Crippen LogP contribution >= 0.6 is 27.7 Å². The van der Waals surface area contributed by atoms with Gasteiger partial charge in [0.2, 0.25) is 0 Å². The molecule has 17 heavy (non-hydrogen) atoms. The molecule has 0 spiro atoms. The molecule has 1 saturated carbocycles. The molecule has 0 amide bonds. The van der Waals surface area contributed by atoms with Gasteiger partial charge in [0.1, 0.15) is 15.5 Å². The summed E-state index contributed by atoms with van der Waals surface area (Å²) in [6.45, 7) is 0. The third kappa shape index (κ3) is 2.87. The van der Waals surface area contributed by atoms with Crippen LogP contribution < -0.4 is 0 Å². The second kappa shape index (κ2) is 4.78. The zero-order valence-electron chi connectivity index (χ0n) is 9.14. The number of rotatable bonds is 3. The Morgan fingerprint density at radius 2 is 1.88 bits per heavy atom. The smallest absolute Gasteiger partial charge is 0.134 e. The van der Waals surface area contributed by atoms with Crippen molar-refractivity contribution in [3.8, 4) is 0 Å². The predicted molar refractivity (Wildman–Crippen MR) is 72.3 cm³/mol. The molecule has 4 heteroatoms. The molecule has 1 aliphatic carbocycles. The molecular weight excluding hydrogens is 296 g/mol. The van der Waals surface area contributed by atoms with Gasteiger partial charge in [-0.2, -0.15) is 0 Å². The van der Waals surface area contributed by atoms with Crippen LogP contribution in [-0.4, -0.2) is 9.97 Å². The summed E-state index contributed by atoms with van der Waals surface area (Å²) in [7, 11) is 0. The summed E-state index contributed by atoms with van der Waals surface area (Å²) >= 11 is 5.14. The van der Waals surface area contributed by atoms with Crippen molar-refractivity contribution in [3.63, 3.8) is 0 Å². The summed E-state index contributed by atoms with van der Waals surface area (Å²) in [5.41, 5.74) is 0. The van der Waals surface area contributed by atoms with E-state index in [0.29, 0.717) is 5.92 Å². The lowest BCUT2D eigenvalue weighted by atomic mass is 10.4. The Kier molecular flexibility index (Phi) is 3.16. The summed E-state index contributed by atoms with van der Waals surface area (Å²) in [5, 5.41) is 1.01. The maximum Gasteiger partial charge on any atom is 0.134 e. The third-order valence-electron chi connectivity index (χ3n) is 2.60. The molecule has 1 aromatic heterocycles. The molecule has 1 fully saturated rings. The molecule has 2 nitrogen and oxygen atoms in total. The van der Waals surface area contributed by atoms with E-state index in [4.69, 9.17) is 0 Å². The van der Waals surface area contributed by atoms with Gasteiger partial charge in [0.15, 0.2) is 0 Å². The molecule has 0 unspecified atom stereocenters. The molecule has 0 bridgehead atoms. The van der Waals surface area contributed by atoms with Crippen molar-refractivity contribution >= 4 is 27.7 Å². The number of aromatic nitrogens is 2. The third-order valence-corrected chi connectivity index (χ3v) is 3.93. The zero-order valence-corrected chi connectivity index (χ0v) is 11.5. The topological polar surface area (TPSA) is 25.8 Å². The molecular formula is C13H11BrN2S. The van der Waals surface area contributed by atoms with E-state index in [1.807, 2.05) is 24.3 Å². The van der Waals surface area contributed by atoms with Crippen molar-refractivity contribution in [1.29, 1.82) is 0 Å². The van der Waals surface area contributed by atoms with Crippen LogP contribution in [0.25, 0.3) is 0 Å². The summed E-state index contributed by atoms with van der Waals surface area (Å²) in [5.74, 6) is 1.57. The zero-order chi connectivity index (χ0) is 11.7. The Bertz CT molecular complexity index is 526. The first-order chi connectivity index (χ1) is 8.31. The van der Waals surface area contributed by atoms with Crippen LogP contribution in [0.5, 0.6) is 0 Å². The maximum absolute atomic E-state index is 4.61. The Morgan fingerprint density at radius 1 is 1.12 bits per heavy atom. The second-order valence-corrected chi connectivity index (χ2v) is 5.98. The van der Waals surface area contributed by atoms with Crippen LogP contribution in [0.2, 0.25) is 0 Å². The highest BCUT2D eigenvalue weighted by Crippen LogP contribution is 2.39. The van der Waals surface area contributed by atoms with Gasteiger partial charge < -0.3 is 0 Å². The molecule has 0 aliphatic heterocycles. The second-order valence-electron chi connectivity index (χ2n) is 4.08. The molecule has 86 valence electrons. The van der Waals surface area contributed by atoms with Gasteiger partial charge in [-0.3, -0.25) is 0 Å². The van der Waals surface area contributed by atoms with Gasteiger partial charge in [-0.05, 0) is 40.9 Å². The minimum absolute atomic E-state index is 0.586. The van der Waals surface area contributed by atoms with Crippen molar-refractivity contribution in [1.82, 2.24) is 9.97 Å². The van der Waals surface area contributed by atoms with Crippen LogP contribution in [0.4, 0.5) is 0 Å². The first-order valence-electron chi connectivity index (χ1n) is 5.58. The summed E-state index contributed by atoms with van der Waals surface area (Å²) in [4.78, 5) is 10.3. The monoisotopic (exact) mass is 306 g/mol. The molecule has 0 N–H and O–H groups in total. The van der Waals surface area contributed by atoms with E-state index in [2.05, 4.69) is 38.0 Å². The van der Waals surface area contributed by atoms with Crippen molar-refractivity contribution < 1.29 is 0 Å². The first-order valence-corrected chi connectivity index (χ1v) is 7.19. The Balaban J connectivity index is 1.87. The number of benzene rings is 1. The lowest BCUT2D eigenvalue weighted by molar-refractivity contribution is 0.866. The highest BCUT2D eigenvalue weighted by molar-refractivity contribution is 9.10. The van der Waals surface area contributed by atoms with Gasteiger partial charge >= 0.3 is 0 Å². The van der Waals surface area contributed by atoms with Gasteiger partial charge in [0.05, 0.1) is 0 Å². The van der Waals surface area contributed by atoms with Gasteiger partial charge in [-0.15, -0.1) is 0 Å². The molecule has 0 radical (unpaired) electrons. The van der Waals surface area contributed by atoms with Crippen molar-refractivity contribution in [2.75, 3.05) is 0 Å². The van der Waals surface area contributed by atoms with E-state index in [1.165, 1.54) is 17.7 Å². The summed E-state index contributed by atoms with van der Waals surface area (Å²) in [6, 6.07) is 12.3. The molecule has 1 aliphatic rings. The van der Waals surface area contributed by atoms with E-state index < -0.39 is 0 Å². The van der Waals surface area contributed by atoms with Gasteiger partial charge in [0.25, 0.3) is 0 Å². The molecule has 3 rings (SSSR count). The normalized spacial score (nSPS) is 14.9. The van der Waals surface area contributed by atoms with Crippen molar-refractivity contribution in [3.05, 3.63) is 46.8 Å². The summed E-state index contributed by atoms with van der Waals surface area (Å²) in [6.07, 6.45) is 2.46. The van der Waals surface area contributed by atoms with Crippen molar-refractivity contribution in [2.24, 2.45) is 0 Å². The van der Waals surface area contributed by atoms with E-state index >= 15 is 0 Å². The highest BCUT2D eigenvalue weighted by Gasteiger charge is 2.27. The van der Waals surface area contributed by atoms with Crippen LogP contribution in [0.3, 0.4) is 0 Å². The molecule has 0 atom stereocenters. The summed E-state index contributed by atoms with van der Waals surface area (Å²) < 4.78 is 0.882. The highest BCUT2D eigenvalue weighted by atomic mass is 79.9. The largest absolute Gasteiger partial charge is 0.226 e. The number of nitrogens with zero attached hydrogens (tertiary/aromatic N) is 2. The van der Waals surface area contributed by atoms with Gasteiger partial charge in [0, 0.05) is 16.9 Å². The minimum atomic E-state index is 0.586. The van der Waals surface area contributed by atoms with Crippen LogP contribution in [0, 0.1) is 0 Å². The van der Waals surface area contributed by atoms with Crippen LogP contribution in [0.15, 0.2) is 50.9 Å². The Labute approximate surface area is 113 Å². The molecule has 2 aromatic rings. The number of halogens is 1. The Morgan fingerprint density at radius 3 is 2.59 bits per heavy atom. The van der Waals surface area contributed by atoms with E-state index in [-0.39, 0.29) is 0 Å². The van der Waals surface area contributed by atoms with E-state index in [1.54, 1.807) is 11.8 Å². The van der Waals surface area contributed by atoms with Gasteiger partial charge in [-0.25, -0.2) is 9.97 Å². The number of hydrogen-bond acceptors (Lipinski definition) is 3. The fourth-order valence-electron chi connectivity index (χ4n) is 1.60. The number of hydrogen-bond donors (Lipinski definition) is 0. The average Bonchev–Trinajstić information content (AvgIpc) is 3.13. The minimum Gasteiger partial charge on any atom is -0.226 e. The Hall–Kier alpha value is -0.870. The van der Waals surface area contributed by atoms with E-state index in [0.717, 1.165) is 15.5 Å². The predicted octanol–water partition coefficient (Wildman–Crippen LogP) is 4.27. The standard InChI is InChI=1S/C13H11BrN2S/c14-11-8-12(16-13(15-11)9-6-7-9)17-10-4-2-1-3-5-10/h1-5,8-9H,6-7H2. The quantitative estimate of drug-likeness (QED) is 0.792. The lowest BCUT2D eigenvalue weighted by Crippen LogP contribution is -1.94. The van der Waals surface area contributed by atoms with E-state index in [9.17, 15) is 0 Å². The SMILES string of the molecule is Brc1cc(Sc2ccccc2)nc(C2CC2)n1. The lowest BCUT2D eigenvalue weighted by Gasteiger charge is -2.04. The fraction of sp³-hybridized carbons (Fsp3) is 0.231. The average molecular weight is 307 g/mol.